The molecule has 1 saturated heterocycles. The molecule has 0 saturated carbocycles. The van der Waals surface area contributed by atoms with Crippen LogP contribution in [0.1, 0.15) is 6.92 Å². The van der Waals surface area contributed by atoms with Gasteiger partial charge in [-0.3, -0.25) is 4.90 Å². The second kappa shape index (κ2) is 5.64. The van der Waals surface area contributed by atoms with Crippen LogP contribution in [-0.4, -0.2) is 54.7 Å². The number of hydrogen-bond donors (Lipinski definition) is 0. The highest BCUT2D eigenvalue weighted by atomic mass is 79.9. The summed E-state index contributed by atoms with van der Waals surface area (Å²) in [6.07, 6.45) is 1.97. The molecule has 1 aromatic rings. The van der Waals surface area contributed by atoms with Crippen LogP contribution in [0.5, 0.6) is 0 Å². The van der Waals surface area contributed by atoms with Crippen LogP contribution in [0.2, 0.25) is 0 Å². The van der Waals surface area contributed by atoms with E-state index < -0.39 is 0 Å². The van der Waals surface area contributed by atoms with Gasteiger partial charge in [0, 0.05) is 30.7 Å². The molecular weight excluding hydrogens is 354 g/mol. The van der Waals surface area contributed by atoms with Gasteiger partial charge in [0.15, 0.2) is 11.7 Å². The molecule has 0 spiro atoms. The largest absolute Gasteiger partial charge is 0.351 e. The Morgan fingerprint density at radius 1 is 1.09 bits per heavy atom. The fraction of sp³-hybridized carbons (Fsp3) is 0.353. The molecule has 0 aromatic heterocycles. The van der Waals surface area contributed by atoms with E-state index in [0.717, 1.165) is 59.4 Å². The van der Waals surface area contributed by atoms with Gasteiger partial charge in [-0.2, -0.15) is 0 Å². The predicted octanol–water partition coefficient (Wildman–Crippen LogP) is 2.98. The average Bonchev–Trinajstić information content (AvgIpc) is 2.54. The third kappa shape index (κ3) is 2.63. The van der Waals surface area contributed by atoms with Crippen LogP contribution in [0.4, 0.5) is 11.4 Å². The van der Waals surface area contributed by atoms with Crippen LogP contribution >= 0.6 is 15.9 Å². The summed E-state index contributed by atoms with van der Waals surface area (Å²) in [5.74, 6) is 1.86. The number of allylic oxidation sites excluding steroid dienone is 1. The Kier molecular flexibility index (Phi) is 3.60. The smallest absolute Gasteiger partial charge is 0.182 e. The lowest BCUT2D eigenvalue weighted by Gasteiger charge is -2.38. The number of nitrogens with zero attached hydrogens (tertiary/aromatic N) is 5. The molecular formula is C17H18BrN5. The van der Waals surface area contributed by atoms with E-state index in [0.29, 0.717) is 0 Å². The maximum Gasteiger partial charge on any atom is 0.182 e. The molecule has 0 atom stereocenters. The highest BCUT2D eigenvalue weighted by Crippen LogP contribution is 2.37. The summed E-state index contributed by atoms with van der Waals surface area (Å²) in [7, 11) is 2.16. The van der Waals surface area contributed by atoms with Gasteiger partial charge in [-0.25, -0.2) is 9.98 Å². The number of fused-ring (bicyclic) bond motifs is 3. The Morgan fingerprint density at radius 2 is 1.87 bits per heavy atom. The van der Waals surface area contributed by atoms with Gasteiger partial charge in [0.05, 0.1) is 23.3 Å². The summed E-state index contributed by atoms with van der Waals surface area (Å²) in [6, 6.07) is 6.16. The van der Waals surface area contributed by atoms with Crippen LogP contribution in [0, 0.1) is 0 Å². The molecule has 0 amide bonds. The van der Waals surface area contributed by atoms with Crippen molar-refractivity contribution >= 4 is 39.0 Å². The lowest BCUT2D eigenvalue weighted by Crippen LogP contribution is -2.53. The van der Waals surface area contributed by atoms with Crippen molar-refractivity contribution in [2.75, 3.05) is 38.1 Å². The minimum Gasteiger partial charge on any atom is -0.351 e. The number of hydrogen-bond acceptors (Lipinski definition) is 5. The first-order valence-electron chi connectivity index (χ1n) is 7.75. The molecule has 3 aliphatic rings. The first kappa shape index (κ1) is 14.7. The molecule has 1 aromatic carbocycles. The Bertz CT molecular complexity index is 780. The van der Waals surface area contributed by atoms with Crippen LogP contribution in [-0.2, 0) is 0 Å². The topological polar surface area (TPSA) is 34.4 Å². The third-order valence-corrected chi connectivity index (χ3v) is 4.82. The van der Waals surface area contributed by atoms with E-state index in [9.17, 15) is 0 Å². The van der Waals surface area contributed by atoms with E-state index in [-0.39, 0.29) is 0 Å². The zero-order chi connectivity index (χ0) is 16.0. The van der Waals surface area contributed by atoms with Gasteiger partial charge >= 0.3 is 0 Å². The Labute approximate surface area is 144 Å². The number of aliphatic imine (C=N–C) groups is 2. The Balaban J connectivity index is 1.82. The van der Waals surface area contributed by atoms with Gasteiger partial charge in [0.25, 0.3) is 0 Å². The zero-order valence-corrected chi connectivity index (χ0v) is 14.8. The number of benzene rings is 1. The standard InChI is InChI=1S/C17H18BrN5/c1-12-5-6-23-15-4-3-13(18)11-14(15)20-16(17(23)19-12)22-9-7-21(2)8-10-22/h3-4,6,11H,7-10H2,1-2H3. The Hall–Kier alpha value is -1.88. The minimum absolute atomic E-state index is 0.888. The highest BCUT2D eigenvalue weighted by Gasteiger charge is 2.31. The van der Waals surface area contributed by atoms with Crippen LogP contribution < -0.4 is 4.90 Å². The minimum atomic E-state index is 0.888. The van der Waals surface area contributed by atoms with Crippen LogP contribution in [0.25, 0.3) is 0 Å². The van der Waals surface area contributed by atoms with Crippen molar-refractivity contribution in [2.24, 2.45) is 9.98 Å². The molecule has 1 fully saturated rings. The van der Waals surface area contributed by atoms with Gasteiger partial charge in [-0.15, -0.1) is 0 Å². The van der Waals surface area contributed by atoms with Crippen molar-refractivity contribution in [1.29, 1.82) is 0 Å². The normalized spacial score (nSPS) is 20.6. The number of likely N-dealkylation sites (N-methyl/N-ethyl adjacent to an activating group) is 1. The molecule has 5 nitrogen and oxygen atoms in total. The van der Waals surface area contributed by atoms with Crippen molar-refractivity contribution in [3.8, 4) is 0 Å². The highest BCUT2D eigenvalue weighted by molar-refractivity contribution is 9.10. The number of amidine groups is 2. The lowest BCUT2D eigenvalue weighted by atomic mass is 10.1. The fourth-order valence-corrected chi connectivity index (χ4v) is 3.34. The summed E-state index contributed by atoms with van der Waals surface area (Å²) in [6.45, 7) is 6.00. The summed E-state index contributed by atoms with van der Waals surface area (Å²) < 4.78 is 1.03. The van der Waals surface area contributed by atoms with Crippen molar-refractivity contribution in [3.05, 3.63) is 40.3 Å². The van der Waals surface area contributed by atoms with Gasteiger partial charge in [0.1, 0.15) is 0 Å². The molecule has 0 radical (unpaired) electrons. The van der Waals surface area contributed by atoms with E-state index in [2.05, 4.69) is 55.5 Å². The quantitative estimate of drug-likeness (QED) is 0.657. The first-order valence-corrected chi connectivity index (χ1v) is 8.54. The van der Waals surface area contributed by atoms with Crippen LogP contribution in [0.3, 0.4) is 0 Å². The number of anilines is 1. The second-order valence-electron chi connectivity index (χ2n) is 6.02. The number of piperazine rings is 1. The molecule has 0 bridgehead atoms. The van der Waals surface area contributed by atoms with E-state index in [4.69, 9.17) is 9.98 Å². The molecule has 23 heavy (non-hydrogen) atoms. The van der Waals surface area contributed by atoms with E-state index in [1.807, 2.05) is 19.2 Å². The predicted molar refractivity (Wildman–Crippen MR) is 97.5 cm³/mol. The van der Waals surface area contributed by atoms with Crippen molar-refractivity contribution < 1.29 is 0 Å². The average molecular weight is 372 g/mol. The van der Waals surface area contributed by atoms with E-state index in [1.165, 1.54) is 0 Å². The zero-order valence-electron chi connectivity index (χ0n) is 13.3. The fourth-order valence-electron chi connectivity index (χ4n) is 2.99. The molecule has 4 rings (SSSR count). The van der Waals surface area contributed by atoms with Crippen molar-refractivity contribution in [3.63, 3.8) is 0 Å². The monoisotopic (exact) mass is 371 g/mol. The third-order valence-electron chi connectivity index (χ3n) is 4.33. The van der Waals surface area contributed by atoms with Crippen molar-refractivity contribution in [1.82, 2.24) is 9.80 Å². The summed E-state index contributed by atoms with van der Waals surface area (Å²) in [5.41, 5.74) is 6.10. The maximum atomic E-state index is 4.93. The molecule has 0 unspecified atom stereocenters. The molecule has 6 heteroatoms. The second-order valence-corrected chi connectivity index (χ2v) is 6.94. The summed E-state index contributed by atoms with van der Waals surface area (Å²) >= 11 is 3.54. The van der Waals surface area contributed by atoms with E-state index in [1.54, 1.807) is 0 Å². The van der Waals surface area contributed by atoms with Crippen molar-refractivity contribution in [2.45, 2.75) is 6.92 Å². The SMILES string of the molecule is CC1=C=CN2C(=N1)C(N1CCN(C)CC1)=Nc1cc(Br)ccc12. The lowest BCUT2D eigenvalue weighted by molar-refractivity contribution is 0.217. The molecule has 0 N–H and O–H groups in total. The van der Waals surface area contributed by atoms with Gasteiger partial charge < -0.3 is 9.80 Å². The number of halogens is 1. The molecule has 3 heterocycles. The van der Waals surface area contributed by atoms with Gasteiger partial charge in [-0.1, -0.05) is 21.7 Å². The van der Waals surface area contributed by atoms with Gasteiger partial charge in [-0.05, 0) is 32.2 Å². The molecule has 118 valence electrons. The van der Waals surface area contributed by atoms with Crippen LogP contribution in [0.15, 0.2) is 50.3 Å². The molecule has 0 aliphatic carbocycles. The Morgan fingerprint density at radius 3 is 2.65 bits per heavy atom. The summed E-state index contributed by atoms with van der Waals surface area (Å²) in [5, 5.41) is 0. The van der Waals surface area contributed by atoms with E-state index >= 15 is 0 Å². The number of rotatable bonds is 0. The maximum absolute atomic E-state index is 4.93. The molecule has 3 aliphatic heterocycles. The summed E-state index contributed by atoms with van der Waals surface area (Å²) in [4.78, 5) is 16.4. The first-order chi connectivity index (χ1) is 11.1. The van der Waals surface area contributed by atoms with Gasteiger partial charge in [0.2, 0.25) is 0 Å².